The van der Waals surface area contributed by atoms with Crippen LogP contribution in [0.1, 0.15) is 29.4 Å². The van der Waals surface area contributed by atoms with E-state index in [1.54, 1.807) is 32.0 Å². The summed E-state index contributed by atoms with van der Waals surface area (Å²) in [5, 5.41) is 7.01. The van der Waals surface area contributed by atoms with Crippen LogP contribution in [-0.2, 0) is 28.8 Å². The molecular formula is C22H23F3N8O3. The number of methoxy groups -OCH3 is 1. The number of rotatable bonds is 5. The molecule has 0 fully saturated rings. The number of halogens is 3. The van der Waals surface area contributed by atoms with E-state index in [2.05, 4.69) is 25.4 Å². The number of ether oxygens (including phenoxy) is 1. The maximum Gasteiger partial charge on any atom is 0.433 e. The molecule has 0 aliphatic carbocycles. The van der Waals surface area contributed by atoms with Gasteiger partial charge in [-0.2, -0.15) is 23.3 Å². The lowest BCUT2D eigenvalue weighted by molar-refractivity contribution is -0.141. The Balaban J connectivity index is 1.56. The van der Waals surface area contributed by atoms with Crippen LogP contribution in [0.4, 0.5) is 35.4 Å². The van der Waals surface area contributed by atoms with Crippen molar-refractivity contribution in [2.75, 3.05) is 29.3 Å². The second kappa shape index (κ2) is 9.43. The van der Waals surface area contributed by atoms with Crippen LogP contribution in [0.3, 0.4) is 0 Å². The number of anilines is 3. The number of aromatic nitrogens is 5. The number of fused-ring (bicyclic) bond motifs is 1. The van der Waals surface area contributed by atoms with E-state index >= 15 is 0 Å². The van der Waals surface area contributed by atoms with Gasteiger partial charge in [-0.25, -0.2) is 14.7 Å². The summed E-state index contributed by atoms with van der Waals surface area (Å²) in [5.74, 6) is 0.349. The maximum absolute atomic E-state index is 12.7. The fourth-order valence-corrected chi connectivity index (χ4v) is 3.61. The molecule has 0 radical (unpaired) electrons. The minimum absolute atomic E-state index is 0.0157. The van der Waals surface area contributed by atoms with Gasteiger partial charge in [-0.05, 0) is 25.5 Å². The van der Waals surface area contributed by atoms with Crippen molar-refractivity contribution in [3.63, 3.8) is 0 Å². The Hall–Kier alpha value is -4.23. The number of pyridine rings is 1. The largest absolute Gasteiger partial charge is 0.452 e. The predicted molar refractivity (Wildman–Crippen MR) is 122 cm³/mol. The highest BCUT2D eigenvalue weighted by molar-refractivity contribution is 6.03. The number of nitrogens with one attached hydrogen (secondary N) is 1. The van der Waals surface area contributed by atoms with E-state index in [0.29, 0.717) is 28.3 Å². The lowest BCUT2D eigenvalue weighted by Gasteiger charge is -2.33. The minimum Gasteiger partial charge on any atom is -0.452 e. The molecule has 0 saturated heterocycles. The molecule has 3 aromatic rings. The van der Waals surface area contributed by atoms with Gasteiger partial charge < -0.3 is 15.0 Å². The fraction of sp³-hybridized carbons (Fsp3) is 0.364. The zero-order valence-corrected chi connectivity index (χ0v) is 19.9. The van der Waals surface area contributed by atoms with E-state index in [1.807, 2.05) is 0 Å². The number of carbonyl (C=O) groups is 2. The molecule has 0 bridgehead atoms. The van der Waals surface area contributed by atoms with Gasteiger partial charge >= 0.3 is 12.3 Å². The van der Waals surface area contributed by atoms with Crippen molar-refractivity contribution >= 4 is 29.5 Å². The first kappa shape index (κ1) is 24.9. The van der Waals surface area contributed by atoms with Crippen LogP contribution < -0.4 is 15.1 Å². The summed E-state index contributed by atoms with van der Waals surface area (Å²) in [7, 11) is 2.96. The Morgan fingerprint density at radius 2 is 1.97 bits per heavy atom. The fourth-order valence-electron chi connectivity index (χ4n) is 3.61. The van der Waals surface area contributed by atoms with Gasteiger partial charge in [0.15, 0.2) is 5.82 Å². The predicted octanol–water partition coefficient (Wildman–Crippen LogP) is 2.99. The molecule has 4 heterocycles. The Morgan fingerprint density at radius 1 is 1.22 bits per heavy atom. The van der Waals surface area contributed by atoms with Crippen molar-refractivity contribution in [3.8, 4) is 0 Å². The van der Waals surface area contributed by atoms with Crippen LogP contribution in [0.2, 0.25) is 0 Å². The average molecular weight is 504 g/mol. The van der Waals surface area contributed by atoms with Gasteiger partial charge in [0.2, 0.25) is 11.9 Å². The number of aryl methyl sites for hydroxylation is 1. The minimum atomic E-state index is -4.51. The molecular weight excluding hydrogens is 481 g/mol. The van der Waals surface area contributed by atoms with Crippen molar-refractivity contribution in [2.45, 2.75) is 39.2 Å². The molecule has 4 rings (SSSR count). The van der Waals surface area contributed by atoms with Gasteiger partial charge in [0.25, 0.3) is 0 Å². The number of alkyl halides is 3. The average Bonchev–Trinajstić information content (AvgIpc) is 3.28. The summed E-state index contributed by atoms with van der Waals surface area (Å²) in [5.41, 5.74) is 1.10. The summed E-state index contributed by atoms with van der Waals surface area (Å²) < 4.78 is 44.6. The molecule has 11 nitrogen and oxygen atoms in total. The molecule has 0 aromatic carbocycles. The molecule has 0 spiro atoms. The third kappa shape index (κ3) is 4.92. The third-order valence-electron chi connectivity index (χ3n) is 5.73. The molecule has 1 aliphatic rings. The van der Waals surface area contributed by atoms with Crippen LogP contribution in [0.15, 0.2) is 30.7 Å². The second-order valence-corrected chi connectivity index (χ2v) is 8.24. The number of carbonyl (C=O) groups excluding carboxylic acids is 2. The molecule has 2 amide bonds. The molecule has 0 saturated carbocycles. The molecule has 1 N–H and O–H groups in total. The van der Waals surface area contributed by atoms with Crippen molar-refractivity contribution in [1.29, 1.82) is 0 Å². The monoisotopic (exact) mass is 504 g/mol. The summed E-state index contributed by atoms with van der Waals surface area (Å²) in [6.45, 7) is 3.62. The zero-order valence-electron chi connectivity index (χ0n) is 19.9. The van der Waals surface area contributed by atoms with Gasteiger partial charge in [-0.15, -0.1) is 0 Å². The topological polar surface area (TPSA) is 118 Å². The number of nitrogens with zero attached hydrogens (tertiary/aromatic N) is 7. The Labute approximate surface area is 203 Å². The van der Waals surface area contributed by atoms with E-state index in [1.165, 1.54) is 29.0 Å². The first-order chi connectivity index (χ1) is 17.0. The summed E-state index contributed by atoms with van der Waals surface area (Å²) in [6, 6.07) is 1.77. The Bertz CT molecular complexity index is 1290. The van der Waals surface area contributed by atoms with E-state index in [-0.39, 0.29) is 24.9 Å². The lowest BCUT2D eigenvalue weighted by Crippen LogP contribution is -2.45. The van der Waals surface area contributed by atoms with Gasteiger partial charge in [0.05, 0.1) is 32.1 Å². The zero-order chi connectivity index (χ0) is 26.2. The van der Waals surface area contributed by atoms with E-state index in [9.17, 15) is 22.8 Å². The van der Waals surface area contributed by atoms with Crippen molar-refractivity contribution in [2.24, 2.45) is 0 Å². The number of likely N-dealkylation sites (N-methyl/N-ethyl adjacent to an activating group) is 1. The number of amides is 2. The van der Waals surface area contributed by atoms with Crippen molar-refractivity contribution in [3.05, 3.63) is 53.2 Å². The molecule has 3 aromatic heterocycles. The Morgan fingerprint density at radius 3 is 2.61 bits per heavy atom. The molecule has 36 heavy (non-hydrogen) atoms. The number of hydrogen-bond donors (Lipinski definition) is 1. The molecule has 190 valence electrons. The first-order valence-electron chi connectivity index (χ1n) is 10.8. The summed E-state index contributed by atoms with van der Waals surface area (Å²) in [4.78, 5) is 40.1. The molecule has 1 atom stereocenters. The van der Waals surface area contributed by atoms with Gasteiger partial charge in [-0.1, -0.05) is 6.07 Å². The normalized spacial score (nSPS) is 15.4. The lowest BCUT2D eigenvalue weighted by atomic mass is 10.2. The molecule has 0 unspecified atom stereocenters. The molecule has 14 heteroatoms. The van der Waals surface area contributed by atoms with Gasteiger partial charge in [-0.3, -0.25) is 14.5 Å². The van der Waals surface area contributed by atoms with E-state index < -0.39 is 24.0 Å². The van der Waals surface area contributed by atoms with Crippen LogP contribution in [0.5, 0.6) is 0 Å². The number of hydrogen-bond acceptors (Lipinski definition) is 8. The van der Waals surface area contributed by atoms with Crippen molar-refractivity contribution in [1.82, 2.24) is 24.7 Å². The quantitative estimate of drug-likeness (QED) is 0.564. The van der Waals surface area contributed by atoms with Crippen LogP contribution >= 0.6 is 0 Å². The second-order valence-electron chi connectivity index (χ2n) is 8.24. The standard InChI is InChI=1S/C22H23F3N8O3/c1-12-17-18(31(3)13(2)19(34)29-17)30-20(28-12)33(21(35)36-4)11-15-8-27-32(10-15)9-14-5-6-16(26-7-14)22(23,24)25/h5-8,10,13H,9,11H2,1-4H3,(H,29,34)/t13-/m0/s1. The van der Waals surface area contributed by atoms with Crippen LogP contribution in [-0.4, -0.2) is 56.9 Å². The van der Waals surface area contributed by atoms with E-state index in [0.717, 1.165) is 12.3 Å². The third-order valence-corrected chi connectivity index (χ3v) is 5.73. The van der Waals surface area contributed by atoms with E-state index in [4.69, 9.17) is 4.74 Å². The van der Waals surface area contributed by atoms with Crippen LogP contribution in [0, 0.1) is 6.92 Å². The first-order valence-corrected chi connectivity index (χ1v) is 10.8. The van der Waals surface area contributed by atoms with Crippen LogP contribution in [0.25, 0.3) is 0 Å². The highest BCUT2D eigenvalue weighted by Crippen LogP contribution is 2.33. The Kier molecular flexibility index (Phi) is 6.52. The summed E-state index contributed by atoms with van der Waals surface area (Å²) in [6.07, 6.45) is -0.903. The van der Waals surface area contributed by atoms with Gasteiger partial charge in [0, 0.05) is 25.0 Å². The smallest absolute Gasteiger partial charge is 0.433 e. The van der Waals surface area contributed by atoms with Crippen molar-refractivity contribution < 1.29 is 27.5 Å². The SMILES string of the molecule is COC(=O)N(Cc1cnn(Cc2ccc(C(F)(F)F)nc2)c1)c1nc(C)c2c(n1)N(C)[C@@H](C)C(=O)N2. The van der Waals surface area contributed by atoms with Gasteiger partial charge in [0.1, 0.15) is 17.4 Å². The summed E-state index contributed by atoms with van der Waals surface area (Å²) >= 11 is 0. The highest BCUT2D eigenvalue weighted by Gasteiger charge is 2.33. The maximum atomic E-state index is 12.7. The molecule has 1 aliphatic heterocycles. The highest BCUT2D eigenvalue weighted by atomic mass is 19.4.